The van der Waals surface area contributed by atoms with E-state index in [-0.39, 0.29) is 18.0 Å². The van der Waals surface area contributed by atoms with Crippen molar-refractivity contribution < 1.29 is 4.74 Å². The van der Waals surface area contributed by atoms with Gasteiger partial charge >= 0.3 is 0 Å². The van der Waals surface area contributed by atoms with Crippen molar-refractivity contribution >= 4 is 11.7 Å². The summed E-state index contributed by atoms with van der Waals surface area (Å²) in [6.45, 7) is 9.64. The fourth-order valence-electron chi connectivity index (χ4n) is 2.84. The van der Waals surface area contributed by atoms with Crippen LogP contribution < -0.4 is 10.6 Å². The number of hydrogen-bond donors (Lipinski definition) is 2. The predicted octanol–water partition coefficient (Wildman–Crippen LogP) is 1.50. The van der Waals surface area contributed by atoms with E-state index in [9.17, 15) is 0 Å². The summed E-state index contributed by atoms with van der Waals surface area (Å²) in [4.78, 5) is 2.16. The molecule has 21 heavy (non-hydrogen) atoms. The molecule has 0 radical (unpaired) electrons. The summed E-state index contributed by atoms with van der Waals surface area (Å²) < 4.78 is 5.67. The van der Waals surface area contributed by atoms with Crippen LogP contribution in [0.3, 0.4) is 0 Å². The zero-order valence-electron chi connectivity index (χ0n) is 13.3. The van der Waals surface area contributed by atoms with Crippen molar-refractivity contribution in [2.75, 3.05) is 18.1 Å². The van der Waals surface area contributed by atoms with Gasteiger partial charge in [0.05, 0.1) is 30.0 Å². The van der Waals surface area contributed by atoms with Crippen LogP contribution in [0.25, 0.3) is 0 Å². The summed E-state index contributed by atoms with van der Waals surface area (Å²) >= 11 is 0. The Morgan fingerprint density at radius 3 is 2.62 bits per heavy atom. The molecule has 1 fully saturated rings. The Morgan fingerprint density at radius 1 is 1.33 bits per heavy atom. The summed E-state index contributed by atoms with van der Waals surface area (Å²) in [6, 6.07) is 0.200. The fourth-order valence-corrected chi connectivity index (χ4v) is 2.84. The number of aryl methyl sites for hydroxylation is 1. The smallest absolute Gasteiger partial charge is 0.162 e. The van der Waals surface area contributed by atoms with Gasteiger partial charge in [-0.25, -0.2) is 0 Å². The molecule has 2 atom stereocenters. The highest BCUT2D eigenvalue weighted by atomic mass is 16.5. The van der Waals surface area contributed by atoms with E-state index in [1.807, 2.05) is 13.8 Å². The number of morpholine rings is 1. The molecule has 1 aromatic rings. The van der Waals surface area contributed by atoms with E-state index >= 15 is 0 Å². The first-order valence-corrected chi connectivity index (χ1v) is 7.60. The van der Waals surface area contributed by atoms with Crippen LogP contribution in [-0.4, -0.2) is 41.3 Å². The molecule has 0 spiro atoms. The summed E-state index contributed by atoms with van der Waals surface area (Å²) in [5.74, 6) is 0.789. The van der Waals surface area contributed by atoms with Gasteiger partial charge in [0.1, 0.15) is 5.84 Å². The monoisotopic (exact) mass is 291 g/mol. The minimum atomic E-state index is 0.0674. The van der Waals surface area contributed by atoms with Gasteiger partial charge in [0, 0.05) is 6.54 Å². The second-order valence-electron chi connectivity index (χ2n) is 5.59. The zero-order valence-corrected chi connectivity index (χ0v) is 13.3. The Labute approximate surface area is 126 Å². The molecule has 6 heteroatoms. The van der Waals surface area contributed by atoms with Crippen LogP contribution in [0.1, 0.15) is 44.5 Å². The Morgan fingerprint density at radius 2 is 2.05 bits per heavy atom. The van der Waals surface area contributed by atoms with E-state index in [2.05, 4.69) is 28.9 Å². The molecule has 0 saturated carbocycles. The summed E-state index contributed by atoms with van der Waals surface area (Å²) in [5.41, 5.74) is 8.57. The van der Waals surface area contributed by atoms with Gasteiger partial charge in [0.15, 0.2) is 5.82 Å². The molecular formula is C15H25N5O. The van der Waals surface area contributed by atoms with Crippen LogP contribution in [0.15, 0.2) is 0 Å². The number of nitrogen functional groups attached to an aromatic ring is 1. The molecule has 1 aliphatic rings. The number of amidine groups is 1. The predicted molar refractivity (Wildman–Crippen MR) is 84.0 cm³/mol. The van der Waals surface area contributed by atoms with Crippen LogP contribution in [0, 0.1) is 5.41 Å². The average molecular weight is 291 g/mol. The van der Waals surface area contributed by atoms with Crippen molar-refractivity contribution in [3.05, 3.63) is 16.8 Å². The number of ether oxygens (including phenoxy) is 1. The van der Waals surface area contributed by atoms with Crippen molar-refractivity contribution in [2.45, 2.75) is 52.7 Å². The maximum Gasteiger partial charge on any atom is 0.162 e. The van der Waals surface area contributed by atoms with Gasteiger partial charge in [0.25, 0.3) is 0 Å². The van der Waals surface area contributed by atoms with Gasteiger partial charge in [-0.05, 0) is 32.3 Å². The third-order valence-electron chi connectivity index (χ3n) is 3.98. The lowest BCUT2D eigenvalue weighted by atomic mass is 10.0. The molecule has 2 rings (SSSR count). The molecule has 0 bridgehead atoms. The number of aromatic nitrogens is 2. The highest BCUT2D eigenvalue weighted by molar-refractivity contribution is 6.01. The molecule has 0 amide bonds. The molecule has 3 N–H and O–H groups in total. The van der Waals surface area contributed by atoms with E-state index < -0.39 is 0 Å². The number of rotatable bonds is 4. The molecule has 1 aliphatic heterocycles. The van der Waals surface area contributed by atoms with Crippen molar-refractivity contribution in [3.63, 3.8) is 0 Å². The largest absolute Gasteiger partial charge is 0.384 e. The maximum absolute atomic E-state index is 7.98. The first-order chi connectivity index (χ1) is 9.99. The molecule has 1 saturated heterocycles. The minimum Gasteiger partial charge on any atom is -0.384 e. The zero-order chi connectivity index (χ0) is 15.6. The average Bonchev–Trinajstić information content (AvgIpc) is 2.47. The number of nitrogens with one attached hydrogen (secondary N) is 1. The quantitative estimate of drug-likeness (QED) is 0.648. The molecule has 1 aromatic heterocycles. The van der Waals surface area contributed by atoms with Crippen LogP contribution in [-0.2, 0) is 17.6 Å². The Bertz CT molecular complexity index is 531. The SMILES string of the molecule is CCc1nnc(N2CC(C)OCC2C)c(C(=N)N)c1CC. The lowest BCUT2D eigenvalue weighted by molar-refractivity contribution is 0.0339. The Balaban J connectivity index is 2.54. The van der Waals surface area contributed by atoms with Gasteiger partial charge in [0.2, 0.25) is 0 Å². The minimum absolute atomic E-state index is 0.0674. The van der Waals surface area contributed by atoms with Gasteiger partial charge < -0.3 is 15.4 Å². The van der Waals surface area contributed by atoms with E-state index in [1.54, 1.807) is 0 Å². The van der Waals surface area contributed by atoms with Crippen LogP contribution in [0.4, 0.5) is 5.82 Å². The summed E-state index contributed by atoms with van der Waals surface area (Å²) in [7, 11) is 0. The Kier molecular flexibility index (Phi) is 4.77. The first-order valence-electron chi connectivity index (χ1n) is 7.60. The van der Waals surface area contributed by atoms with E-state index in [0.717, 1.165) is 42.0 Å². The number of nitrogens with zero attached hydrogens (tertiary/aromatic N) is 3. The van der Waals surface area contributed by atoms with Crippen molar-refractivity contribution in [2.24, 2.45) is 5.73 Å². The van der Waals surface area contributed by atoms with Gasteiger partial charge in [-0.1, -0.05) is 13.8 Å². The second-order valence-corrected chi connectivity index (χ2v) is 5.59. The van der Waals surface area contributed by atoms with E-state index in [1.165, 1.54) is 0 Å². The summed E-state index contributed by atoms with van der Waals surface area (Å²) in [5, 5.41) is 16.7. The number of anilines is 1. The van der Waals surface area contributed by atoms with Crippen molar-refractivity contribution in [1.82, 2.24) is 10.2 Å². The number of nitrogens with two attached hydrogens (primary N) is 1. The van der Waals surface area contributed by atoms with Gasteiger partial charge in [-0.15, -0.1) is 5.10 Å². The standard InChI is InChI=1S/C15H25N5O/c1-5-11-12(6-2)18-19-15(13(11)14(16)17)20-7-10(4)21-8-9(20)3/h9-10H,5-8H2,1-4H3,(H3,16,17). The summed E-state index contributed by atoms with van der Waals surface area (Å²) in [6.07, 6.45) is 1.74. The molecule has 0 aromatic carbocycles. The molecule has 0 aliphatic carbocycles. The molecular weight excluding hydrogens is 266 g/mol. The topological polar surface area (TPSA) is 88.1 Å². The lowest BCUT2D eigenvalue weighted by Crippen LogP contribution is -2.48. The lowest BCUT2D eigenvalue weighted by Gasteiger charge is -2.38. The van der Waals surface area contributed by atoms with Gasteiger partial charge in [-0.3, -0.25) is 5.41 Å². The van der Waals surface area contributed by atoms with E-state index in [4.69, 9.17) is 15.9 Å². The molecule has 6 nitrogen and oxygen atoms in total. The molecule has 2 heterocycles. The van der Waals surface area contributed by atoms with Gasteiger partial charge in [-0.2, -0.15) is 5.10 Å². The maximum atomic E-state index is 7.98. The molecule has 116 valence electrons. The molecule has 2 unspecified atom stereocenters. The second kappa shape index (κ2) is 6.39. The highest BCUT2D eigenvalue weighted by Crippen LogP contribution is 2.27. The Hall–Kier alpha value is -1.69. The van der Waals surface area contributed by atoms with Crippen molar-refractivity contribution in [1.29, 1.82) is 5.41 Å². The van der Waals surface area contributed by atoms with Crippen LogP contribution in [0.5, 0.6) is 0 Å². The van der Waals surface area contributed by atoms with Crippen molar-refractivity contribution in [3.8, 4) is 0 Å². The third kappa shape index (κ3) is 3.00. The fraction of sp³-hybridized carbons (Fsp3) is 0.667. The third-order valence-corrected chi connectivity index (χ3v) is 3.98. The van der Waals surface area contributed by atoms with Crippen LogP contribution in [0.2, 0.25) is 0 Å². The number of hydrogen-bond acceptors (Lipinski definition) is 5. The first kappa shape index (κ1) is 15.7. The highest BCUT2D eigenvalue weighted by Gasteiger charge is 2.29. The normalized spacial score (nSPS) is 22.4. The van der Waals surface area contributed by atoms with Crippen LogP contribution >= 0.6 is 0 Å². The van der Waals surface area contributed by atoms with E-state index in [0.29, 0.717) is 6.61 Å².